The average Bonchev–Trinajstić information content (AvgIpc) is 3.85. The van der Waals surface area contributed by atoms with Crippen LogP contribution in [0.25, 0.3) is 11.5 Å². The Kier molecular flexibility index (Phi) is 18.8. The van der Waals surface area contributed by atoms with Crippen molar-refractivity contribution in [3.8, 4) is 35.6 Å². The molecular weight excluding hydrogens is 869 g/mol. The molecule has 64 heavy (non-hydrogen) atoms. The molecule has 0 aliphatic heterocycles. The fourth-order valence-electron chi connectivity index (χ4n) is 6.50. The number of aromatic nitrogens is 4. The number of aryl methyl sites for hydroxylation is 3. The van der Waals surface area contributed by atoms with Crippen LogP contribution < -0.4 is 0 Å². The van der Waals surface area contributed by atoms with Crippen molar-refractivity contribution in [2.24, 2.45) is 0 Å². The third-order valence-electron chi connectivity index (χ3n) is 9.73. The second-order valence-corrected chi connectivity index (χ2v) is 15.3. The zero-order chi connectivity index (χ0) is 45.7. The maximum Gasteiger partial charge on any atom is 0.313 e. The third kappa shape index (κ3) is 14.8. The van der Waals surface area contributed by atoms with Crippen LogP contribution in [0, 0.1) is 45.0 Å². The molecule has 4 heterocycles. The first kappa shape index (κ1) is 48.0. The zero-order valence-corrected chi connectivity index (χ0v) is 38.3. The van der Waals surface area contributed by atoms with E-state index in [9.17, 15) is 9.59 Å². The number of carbonyl (C=O) groups is 2. The van der Waals surface area contributed by atoms with Crippen LogP contribution in [0.2, 0.25) is 0 Å². The number of oxazole rings is 2. The minimum absolute atomic E-state index is 0.205. The van der Waals surface area contributed by atoms with Crippen LogP contribution in [0.1, 0.15) is 82.3 Å². The van der Waals surface area contributed by atoms with E-state index in [4.69, 9.17) is 24.7 Å². The number of pyridine rings is 2. The van der Waals surface area contributed by atoms with Gasteiger partial charge in [0.05, 0.1) is 49.3 Å². The van der Waals surface area contributed by atoms with E-state index >= 15 is 0 Å². The quantitative estimate of drug-likeness (QED) is 0.0814. The van der Waals surface area contributed by atoms with E-state index in [0.29, 0.717) is 50.7 Å². The highest BCUT2D eigenvalue weighted by Gasteiger charge is 2.24. The van der Waals surface area contributed by atoms with Gasteiger partial charge in [0.25, 0.3) is 0 Å². The molecule has 11 heteroatoms. The van der Waals surface area contributed by atoms with E-state index in [2.05, 4.69) is 53.6 Å². The highest BCUT2D eigenvalue weighted by Crippen LogP contribution is 2.25. The van der Waals surface area contributed by atoms with E-state index in [-0.39, 0.29) is 23.8 Å². The highest BCUT2D eigenvalue weighted by atomic mass is 79.9. The van der Waals surface area contributed by atoms with E-state index in [1.54, 1.807) is 24.8 Å². The van der Waals surface area contributed by atoms with Crippen molar-refractivity contribution in [2.75, 3.05) is 13.2 Å². The summed E-state index contributed by atoms with van der Waals surface area (Å²) in [6.45, 7) is 9.96. The molecule has 0 aliphatic carbocycles. The van der Waals surface area contributed by atoms with Gasteiger partial charge in [0, 0.05) is 47.3 Å². The van der Waals surface area contributed by atoms with Gasteiger partial charge in [-0.25, -0.2) is 9.97 Å². The van der Waals surface area contributed by atoms with Gasteiger partial charge in [-0.05, 0) is 111 Å². The second-order valence-electron chi connectivity index (χ2n) is 14.4. The van der Waals surface area contributed by atoms with Crippen molar-refractivity contribution in [1.82, 2.24) is 19.9 Å². The summed E-state index contributed by atoms with van der Waals surface area (Å²) in [5.74, 6) is 10.7. The Morgan fingerprint density at radius 2 is 1.20 bits per heavy atom. The molecule has 7 aromatic rings. The monoisotopic (exact) mass is 918 g/mol. The van der Waals surface area contributed by atoms with Gasteiger partial charge in [-0.3, -0.25) is 19.6 Å². The zero-order valence-electron chi connectivity index (χ0n) is 36.7. The lowest BCUT2D eigenvalue weighted by Gasteiger charge is -2.15. The number of benzene rings is 3. The number of halogens is 1. The van der Waals surface area contributed by atoms with Crippen molar-refractivity contribution in [3.63, 3.8) is 0 Å². The molecule has 0 N–H and O–H groups in total. The van der Waals surface area contributed by atoms with Crippen LogP contribution in [0.3, 0.4) is 0 Å². The van der Waals surface area contributed by atoms with Gasteiger partial charge < -0.3 is 18.3 Å². The van der Waals surface area contributed by atoms with Crippen LogP contribution in [-0.2, 0) is 44.7 Å². The van der Waals surface area contributed by atoms with Crippen LogP contribution in [0.15, 0.2) is 141 Å². The number of nitrogens with zero attached hydrogens (tertiary/aromatic N) is 4. The molecule has 0 aliphatic rings. The summed E-state index contributed by atoms with van der Waals surface area (Å²) < 4.78 is 22.5. The normalized spacial score (nSPS) is 11.2. The van der Waals surface area contributed by atoms with Gasteiger partial charge in [0.2, 0.25) is 5.89 Å². The number of esters is 2. The third-order valence-corrected chi connectivity index (χ3v) is 10.3. The van der Waals surface area contributed by atoms with Crippen LogP contribution in [0.4, 0.5) is 0 Å². The molecule has 0 bridgehead atoms. The van der Waals surface area contributed by atoms with E-state index < -0.39 is 0 Å². The standard InChI is InChI=1S/C29H26N2O3.C16H16BrNO2.C8H9NO/c1-3-33-29(32)26(25-12-8-18-30-20-25)19-23-16-14-22(15-17-23)9-7-13-27-21(2)34-28(31-27)24-10-5-4-6-11-24;1-2-20-16(19)15(13-4-3-9-18-11-13)10-12-5-7-14(17)8-6-12;1-4-5-8-6(2)10-7(3)9-8/h4-6,8,10-12,14-18,20,26H,3,13,19H2,1-2H3;3-9,11,15H,2,10H2,1H3;1H,5H2,2-3H3. The largest absolute Gasteiger partial charge is 0.466 e. The molecule has 3 aromatic carbocycles. The lowest BCUT2D eigenvalue weighted by atomic mass is 9.93. The van der Waals surface area contributed by atoms with Crippen molar-refractivity contribution in [2.45, 2.75) is 72.1 Å². The second kappa shape index (κ2) is 25.1. The maximum atomic E-state index is 12.5. The molecule has 2 atom stereocenters. The van der Waals surface area contributed by atoms with Crippen LogP contribution in [-0.4, -0.2) is 45.1 Å². The molecule has 326 valence electrons. The number of ether oxygens (including phenoxy) is 2. The first-order valence-electron chi connectivity index (χ1n) is 20.9. The summed E-state index contributed by atoms with van der Waals surface area (Å²) in [7, 11) is 0. The van der Waals surface area contributed by atoms with Crippen LogP contribution in [0.5, 0.6) is 0 Å². The predicted octanol–water partition coefficient (Wildman–Crippen LogP) is 10.7. The first-order valence-corrected chi connectivity index (χ1v) is 21.7. The number of rotatable bonds is 13. The Balaban J connectivity index is 0.000000215. The molecule has 10 nitrogen and oxygen atoms in total. The molecule has 0 spiro atoms. The molecule has 0 fully saturated rings. The molecule has 4 aromatic heterocycles. The molecule has 0 saturated carbocycles. The van der Waals surface area contributed by atoms with Crippen molar-refractivity contribution in [1.29, 1.82) is 0 Å². The maximum absolute atomic E-state index is 12.5. The topological polar surface area (TPSA) is 130 Å². The average molecular weight is 920 g/mol. The van der Waals surface area contributed by atoms with Crippen LogP contribution >= 0.6 is 15.9 Å². The SMILES string of the molecule is C#CCc1nc(C)oc1C.CCOC(=O)C(Cc1ccc(Br)cc1)c1cccnc1.CCOC(=O)C(Cc1ccc(C#CCc2nc(-c3ccccc3)oc2C)cc1)c1cccnc1. The molecule has 0 amide bonds. The first-order chi connectivity index (χ1) is 31.1. The van der Waals surface area contributed by atoms with Gasteiger partial charge in [-0.2, -0.15) is 0 Å². The Bertz CT molecular complexity index is 2630. The Morgan fingerprint density at radius 3 is 1.69 bits per heavy atom. The van der Waals surface area contributed by atoms with E-state index in [1.165, 1.54) is 0 Å². The van der Waals surface area contributed by atoms with Gasteiger partial charge in [-0.15, -0.1) is 12.3 Å². The predicted molar refractivity (Wildman–Crippen MR) is 251 cm³/mol. The summed E-state index contributed by atoms with van der Waals surface area (Å²) in [6, 6.07) is 33.2. The van der Waals surface area contributed by atoms with Crippen molar-refractivity contribution >= 4 is 27.9 Å². The summed E-state index contributed by atoms with van der Waals surface area (Å²) in [6.07, 6.45) is 14.2. The van der Waals surface area contributed by atoms with Crippen molar-refractivity contribution in [3.05, 3.63) is 189 Å². The minimum Gasteiger partial charge on any atom is -0.466 e. The number of terminal acetylenes is 1. The summed E-state index contributed by atoms with van der Waals surface area (Å²) in [5.41, 5.74) is 7.44. The van der Waals surface area contributed by atoms with E-state index in [1.807, 2.05) is 138 Å². The van der Waals surface area contributed by atoms with Gasteiger partial charge in [-0.1, -0.05) is 82.4 Å². The van der Waals surface area contributed by atoms with Gasteiger partial charge in [0.15, 0.2) is 5.89 Å². The minimum atomic E-state index is -0.389. The summed E-state index contributed by atoms with van der Waals surface area (Å²) in [4.78, 5) is 41.6. The Labute approximate surface area is 384 Å². The van der Waals surface area contributed by atoms with Gasteiger partial charge >= 0.3 is 11.9 Å². The Morgan fingerprint density at radius 1 is 0.672 bits per heavy atom. The summed E-state index contributed by atoms with van der Waals surface area (Å²) in [5, 5.41) is 0. The molecule has 0 saturated heterocycles. The fourth-order valence-corrected chi connectivity index (χ4v) is 6.76. The molecule has 0 radical (unpaired) electrons. The molecule has 2 unspecified atom stereocenters. The molecular formula is C53H51BrN4O6. The highest BCUT2D eigenvalue weighted by molar-refractivity contribution is 9.10. The van der Waals surface area contributed by atoms with Gasteiger partial charge in [0.1, 0.15) is 11.5 Å². The smallest absolute Gasteiger partial charge is 0.313 e. The Hall–Kier alpha value is -7.08. The number of hydrogen-bond donors (Lipinski definition) is 0. The lowest BCUT2D eigenvalue weighted by Crippen LogP contribution is -2.18. The lowest BCUT2D eigenvalue weighted by molar-refractivity contribution is -0.145. The molecule has 7 rings (SSSR count). The number of hydrogen-bond acceptors (Lipinski definition) is 10. The fraction of sp³-hybridized carbons (Fsp3) is 0.245. The number of carbonyl (C=O) groups excluding carboxylic acids is 2. The van der Waals surface area contributed by atoms with E-state index in [0.717, 1.165) is 60.8 Å². The summed E-state index contributed by atoms with van der Waals surface area (Å²) >= 11 is 3.41. The van der Waals surface area contributed by atoms with Crippen molar-refractivity contribution < 1.29 is 27.9 Å².